The molecule has 2 amide bonds. The van der Waals surface area contributed by atoms with Gasteiger partial charge >= 0.3 is 0 Å². The summed E-state index contributed by atoms with van der Waals surface area (Å²) in [5, 5.41) is 3.02. The minimum absolute atomic E-state index is 0.0811. The average molecular weight is 612 g/mol. The molecule has 44 heavy (non-hydrogen) atoms. The molecule has 7 nitrogen and oxygen atoms in total. The molecule has 0 bridgehead atoms. The van der Waals surface area contributed by atoms with Crippen LogP contribution in [0.25, 0.3) is 0 Å². The summed E-state index contributed by atoms with van der Waals surface area (Å²) >= 11 is 0. The number of carbonyl (C=O) groups is 2. The number of nitrogens with zero attached hydrogens (tertiary/aromatic N) is 2. The molecule has 1 atom stereocenters. The van der Waals surface area contributed by atoms with Gasteiger partial charge in [-0.15, -0.1) is 0 Å². The zero-order valence-corrected chi connectivity index (χ0v) is 26.5. The van der Waals surface area contributed by atoms with Crippen LogP contribution in [0.5, 0.6) is 0 Å². The molecule has 0 aliphatic rings. The summed E-state index contributed by atoms with van der Waals surface area (Å²) in [6.07, 6.45) is 2.01. The molecule has 0 spiro atoms. The van der Waals surface area contributed by atoms with Crippen molar-refractivity contribution >= 4 is 27.5 Å². The van der Waals surface area contributed by atoms with Crippen molar-refractivity contribution in [3.05, 3.63) is 131 Å². The summed E-state index contributed by atoms with van der Waals surface area (Å²) in [4.78, 5) is 29.9. The van der Waals surface area contributed by atoms with Gasteiger partial charge in [-0.05, 0) is 61.2 Å². The number of benzene rings is 4. The highest BCUT2D eigenvalue weighted by Crippen LogP contribution is 2.26. The van der Waals surface area contributed by atoms with Crippen LogP contribution in [-0.4, -0.2) is 44.3 Å². The normalized spacial score (nSPS) is 11.9. The van der Waals surface area contributed by atoms with Gasteiger partial charge in [0.1, 0.15) is 12.6 Å². The molecule has 0 heterocycles. The van der Waals surface area contributed by atoms with E-state index in [1.807, 2.05) is 81.4 Å². The maximum atomic E-state index is 14.5. The zero-order valence-electron chi connectivity index (χ0n) is 25.6. The highest BCUT2D eigenvalue weighted by atomic mass is 32.2. The first-order valence-electron chi connectivity index (χ1n) is 15.0. The van der Waals surface area contributed by atoms with Crippen molar-refractivity contribution in [1.29, 1.82) is 0 Å². The quantitative estimate of drug-likeness (QED) is 0.176. The molecule has 0 aliphatic heterocycles. The topological polar surface area (TPSA) is 86.8 Å². The SMILES string of the molecule is CCCCNC(=O)[C@H](Cc1ccccc1)N(Cc1ccc(C)cc1)C(=O)CN(c1cccc(C)c1)S(=O)(=O)c1ccccc1. The third-order valence-corrected chi connectivity index (χ3v) is 9.26. The average Bonchev–Trinajstić information content (AvgIpc) is 3.03. The predicted octanol–water partition coefficient (Wildman–Crippen LogP) is 6.06. The van der Waals surface area contributed by atoms with E-state index in [9.17, 15) is 18.0 Å². The minimum atomic E-state index is -4.12. The van der Waals surface area contributed by atoms with Crippen LogP contribution < -0.4 is 9.62 Å². The van der Waals surface area contributed by atoms with Crippen LogP contribution in [-0.2, 0) is 32.6 Å². The number of carbonyl (C=O) groups excluding carboxylic acids is 2. The van der Waals surface area contributed by atoms with E-state index in [0.717, 1.165) is 39.4 Å². The van der Waals surface area contributed by atoms with Crippen LogP contribution in [0.4, 0.5) is 5.69 Å². The van der Waals surface area contributed by atoms with Gasteiger partial charge in [-0.1, -0.05) is 104 Å². The summed E-state index contributed by atoms with van der Waals surface area (Å²) < 4.78 is 29.2. The van der Waals surface area contributed by atoms with Gasteiger partial charge in [0.2, 0.25) is 11.8 Å². The molecule has 0 radical (unpaired) electrons. The number of anilines is 1. The van der Waals surface area contributed by atoms with Crippen molar-refractivity contribution in [2.24, 2.45) is 0 Å². The Morgan fingerprint density at radius 2 is 1.43 bits per heavy atom. The van der Waals surface area contributed by atoms with Crippen molar-refractivity contribution in [2.45, 2.75) is 57.5 Å². The van der Waals surface area contributed by atoms with Crippen LogP contribution >= 0.6 is 0 Å². The molecule has 0 aromatic heterocycles. The maximum Gasteiger partial charge on any atom is 0.264 e. The largest absolute Gasteiger partial charge is 0.354 e. The fraction of sp³-hybridized carbons (Fsp3) is 0.278. The second-order valence-corrected chi connectivity index (χ2v) is 12.9. The lowest BCUT2D eigenvalue weighted by molar-refractivity contribution is -0.140. The summed E-state index contributed by atoms with van der Waals surface area (Å²) in [7, 11) is -4.12. The predicted molar refractivity (Wildman–Crippen MR) is 176 cm³/mol. The zero-order chi connectivity index (χ0) is 31.5. The Bertz CT molecular complexity index is 1630. The molecule has 0 saturated carbocycles. The number of unbranched alkanes of at least 4 members (excludes halogenated alkanes) is 1. The molecule has 0 saturated heterocycles. The van der Waals surface area contributed by atoms with E-state index in [2.05, 4.69) is 5.32 Å². The molecule has 0 fully saturated rings. The Kier molecular flexibility index (Phi) is 11.3. The standard InChI is InChI=1S/C36H41N3O4S/c1-4-5-23-37-36(41)34(25-30-14-8-6-9-15-30)38(26-31-21-19-28(2)20-22-31)35(40)27-39(32-16-12-13-29(3)24-32)44(42,43)33-17-10-7-11-18-33/h6-22,24,34H,4-5,23,25-27H2,1-3H3,(H,37,41)/t34-/m0/s1. The minimum Gasteiger partial charge on any atom is -0.354 e. The van der Waals surface area contributed by atoms with Crippen molar-refractivity contribution < 1.29 is 18.0 Å². The Hall–Kier alpha value is -4.43. The van der Waals surface area contributed by atoms with Crippen molar-refractivity contribution in [1.82, 2.24) is 10.2 Å². The number of amides is 2. The molecule has 4 aromatic rings. The second kappa shape index (κ2) is 15.3. The maximum absolute atomic E-state index is 14.5. The van der Waals surface area contributed by atoms with E-state index >= 15 is 0 Å². The van der Waals surface area contributed by atoms with Crippen LogP contribution in [0, 0.1) is 13.8 Å². The molecule has 4 rings (SSSR count). The molecule has 0 aliphatic carbocycles. The molecular weight excluding hydrogens is 570 g/mol. The van der Waals surface area contributed by atoms with Crippen LogP contribution in [0.3, 0.4) is 0 Å². The number of nitrogens with one attached hydrogen (secondary N) is 1. The Labute approximate surface area is 261 Å². The van der Waals surface area contributed by atoms with Gasteiger partial charge in [-0.3, -0.25) is 13.9 Å². The van der Waals surface area contributed by atoms with Gasteiger partial charge in [0.05, 0.1) is 10.6 Å². The number of hydrogen-bond acceptors (Lipinski definition) is 4. The molecular formula is C36H41N3O4S. The smallest absolute Gasteiger partial charge is 0.264 e. The van der Waals surface area contributed by atoms with Crippen molar-refractivity contribution in [2.75, 3.05) is 17.4 Å². The van der Waals surface area contributed by atoms with Gasteiger partial charge in [-0.2, -0.15) is 0 Å². The summed E-state index contributed by atoms with van der Waals surface area (Å²) in [6, 6.07) is 31.7. The first-order valence-corrected chi connectivity index (χ1v) is 16.4. The van der Waals surface area contributed by atoms with E-state index in [0.29, 0.717) is 12.2 Å². The third-order valence-electron chi connectivity index (χ3n) is 7.47. The van der Waals surface area contributed by atoms with E-state index in [1.54, 1.807) is 36.4 Å². The van der Waals surface area contributed by atoms with Crippen LogP contribution in [0.2, 0.25) is 0 Å². The highest BCUT2D eigenvalue weighted by molar-refractivity contribution is 7.92. The van der Waals surface area contributed by atoms with Crippen LogP contribution in [0.1, 0.15) is 42.0 Å². The molecule has 230 valence electrons. The number of sulfonamides is 1. The molecule has 4 aromatic carbocycles. The third kappa shape index (κ3) is 8.57. The lowest BCUT2D eigenvalue weighted by Crippen LogP contribution is -2.53. The lowest BCUT2D eigenvalue weighted by atomic mass is 10.0. The molecule has 0 unspecified atom stereocenters. The molecule has 1 N–H and O–H groups in total. The summed E-state index contributed by atoms with van der Waals surface area (Å²) in [5.41, 5.74) is 4.06. The number of hydrogen-bond donors (Lipinski definition) is 1. The Morgan fingerprint density at radius 1 is 0.773 bits per heavy atom. The lowest BCUT2D eigenvalue weighted by Gasteiger charge is -2.34. The van der Waals surface area contributed by atoms with E-state index in [-0.39, 0.29) is 23.8 Å². The summed E-state index contributed by atoms with van der Waals surface area (Å²) in [5.74, 6) is -0.742. The van der Waals surface area contributed by atoms with Crippen LogP contribution in [0.15, 0.2) is 114 Å². The monoisotopic (exact) mass is 611 g/mol. The highest BCUT2D eigenvalue weighted by Gasteiger charge is 2.34. The van der Waals surface area contributed by atoms with Gasteiger partial charge in [0.25, 0.3) is 10.0 Å². The van der Waals surface area contributed by atoms with Gasteiger partial charge in [0, 0.05) is 19.5 Å². The number of aryl methyl sites for hydroxylation is 2. The first-order chi connectivity index (χ1) is 21.2. The van der Waals surface area contributed by atoms with Gasteiger partial charge in [-0.25, -0.2) is 8.42 Å². The Balaban J connectivity index is 1.78. The van der Waals surface area contributed by atoms with E-state index in [1.165, 1.54) is 17.0 Å². The first kappa shape index (κ1) is 32.5. The summed E-state index contributed by atoms with van der Waals surface area (Å²) in [6.45, 7) is 6.07. The fourth-order valence-corrected chi connectivity index (χ4v) is 6.41. The van der Waals surface area contributed by atoms with Gasteiger partial charge in [0.15, 0.2) is 0 Å². The fourth-order valence-electron chi connectivity index (χ4n) is 4.98. The van der Waals surface area contributed by atoms with Crippen molar-refractivity contribution in [3.8, 4) is 0 Å². The number of rotatable bonds is 14. The van der Waals surface area contributed by atoms with Crippen molar-refractivity contribution in [3.63, 3.8) is 0 Å². The second-order valence-electron chi connectivity index (χ2n) is 11.0. The van der Waals surface area contributed by atoms with Gasteiger partial charge < -0.3 is 10.2 Å². The molecule has 8 heteroatoms. The Morgan fingerprint density at radius 3 is 2.07 bits per heavy atom. The van der Waals surface area contributed by atoms with E-state index < -0.39 is 28.5 Å². The van der Waals surface area contributed by atoms with E-state index in [4.69, 9.17) is 0 Å².